The Balaban J connectivity index is 1.34. The molecule has 3 heterocycles. The van der Waals surface area contributed by atoms with E-state index in [1.165, 1.54) is 44.3 Å². The van der Waals surface area contributed by atoms with Crippen LogP contribution in [0.4, 0.5) is 5.95 Å². The fraction of sp³-hybridized carbons (Fsp3) is 0.565. The molecule has 1 N–H and O–H groups in total. The maximum absolute atomic E-state index is 5.40. The van der Waals surface area contributed by atoms with Gasteiger partial charge < -0.3 is 15.0 Å². The van der Waals surface area contributed by atoms with E-state index in [4.69, 9.17) is 4.74 Å². The molecular weight excluding hydrogens is 362 g/mol. The summed E-state index contributed by atoms with van der Waals surface area (Å²) in [6.07, 6.45) is 9.24. The van der Waals surface area contributed by atoms with Crippen LogP contribution in [0.25, 0.3) is 0 Å². The zero-order chi connectivity index (χ0) is 19.7. The second-order valence-electron chi connectivity index (χ2n) is 8.00. The van der Waals surface area contributed by atoms with Gasteiger partial charge in [-0.3, -0.25) is 4.90 Å². The average Bonchev–Trinajstić information content (AvgIpc) is 3.08. The maximum Gasteiger partial charge on any atom is 0.225 e. The molecule has 2 aromatic rings. The lowest BCUT2D eigenvalue weighted by molar-refractivity contribution is 0.122. The van der Waals surface area contributed by atoms with E-state index in [9.17, 15) is 0 Å². The minimum atomic E-state index is 0.419. The zero-order valence-electron chi connectivity index (χ0n) is 17.3. The highest BCUT2D eigenvalue weighted by atomic mass is 16.5. The molecule has 156 valence electrons. The molecule has 0 radical (unpaired) electrons. The number of morpholine rings is 1. The molecule has 1 aromatic heterocycles. The Kier molecular flexibility index (Phi) is 7.45. The van der Waals surface area contributed by atoms with E-state index in [1.54, 1.807) is 0 Å². The van der Waals surface area contributed by atoms with Gasteiger partial charge >= 0.3 is 0 Å². The molecule has 0 bridgehead atoms. The minimum absolute atomic E-state index is 0.419. The Morgan fingerprint density at radius 3 is 2.28 bits per heavy atom. The van der Waals surface area contributed by atoms with Crippen LogP contribution in [0, 0.1) is 0 Å². The van der Waals surface area contributed by atoms with Crippen LogP contribution < -0.4 is 10.2 Å². The van der Waals surface area contributed by atoms with Crippen molar-refractivity contribution in [2.75, 3.05) is 50.8 Å². The Morgan fingerprint density at radius 2 is 1.59 bits per heavy atom. The maximum atomic E-state index is 5.40. The van der Waals surface area contributed by atoms with Crippen molar-refractivity contribution in [3.8, 4) is 0 Å². The van der Waals surface area contributed by atoms with Gasteiger partial charge in [0.25, 0.3) is 0 Å². The van der Waals surface area contributed by atoms with Crippen LogP contribution in [-0.4, -0.2) is 60.8 Å². The van der Waals surface area contributed by atoms with E-state index >= 15 is 0 Å². The molecule has 2 aliphatic heterocycles. The van der Waals surface area contributed by atoms with Gasteiger partial charge in [-0.15, -0.1) is 0 Å². The van der Waals surface area contributed by atoms with Crippen LogP contribution >= 0.6 is 0 Å². The van der Waals surface area contributed by atoms with Crippen molar-refractivity contribution >= 4 is 5.95 Å². The second-order valence-corrected chi connectivity index (χ2v) is 8.00. The van der Waals surface area contributed by atoms with Gasteiger partial charge in [0.15, 0.2) is 0 Å². The van der Waals surface area contributed by atoms with E-state index in [1.807, 2.05) is 12.4 Å². The molecule has 6 nitrogen and oxygen atoms in total. The number of anilines is 1. The highest BCUT2D eigenvalue weighted by molar-refractivity contribution is 5.30. The van der Waals surface area contributed by atoms with Gasteiger partial charge in [0.05, 0.1) is 13.2 Å². The molecule has 0 spiro atoms. The fourth-order valence-electron chi connectivity index (χ4n) is 4.26. The summed E-state index contributed by atoms with van der Waals surface area (Å²) in [5, 5.41) is 3.66. The van der Waals surface area contributed by atoms with Crippen molar-refractivity contribution in [3.05, 3.63) is 53.9 Å². The van der Waals surface area contributed by atoms with E-state index in [2.05, 4.69) is 55.4 Å². The van der Waals surface area contributed by atoms with E-state index < -0.39 is 0 Å². The summed E-state index contributed by atoms with van der Waals surface area (Å²) in [5.41, 5.74) is 2.53. The largest absolute Gasteiger partial charge is 0.378 e. The number of hydrogen-bond donors (Lipinski definition) is 1. The fourth-order valence-corrected chi connectivity index (χ4v) is 4.26. The summed E-state index contributed by atoms with van der Waals surface area (Å²) < 4.78 is 5.40. The normalized spacial score (nSPS) is 19.7. The lowest BCUT2D eigenvalue weighted by atomic mass is 10.0. The van der Waals surface area contributed by atoms with Crippen LogP contribution in [0.3, 0.4) is 0 Å². The Hall–Kier alpha value is -2.02. The van der Waals surface area contributed by atoms with Crippen LogP contribution in [0.15, 0.2) is 42.7 Å². The summed E-state index contributed by atoms with van der Waals surface area (Å²) in [4.78, 5) is 14.0. The molecule has 2 fully saturated rings. The average molecular weight is 396 g/mol. The molecule has 0 amide bonds. The number of benzene rings is 1. The number of likely N-dealkylation sites (tertiary alicyclic amines) is 1. The number of nitrogens with zero attached hydrogens (tertiary/aromatic N) is 4. The molecule has 1 aromatic carbocycles. The molecular formula is C23H33N5O. The quantitative estimate of drug-likeness (QED) is 0.778. The number of hydrogen-bond acceptors (Lipinski definition) is 6. The smallest absolute Gasteiger partial charge is 0.225 e. The Bertz CT molecular complexity index is 710. The lowest BCUT2D eigenvalue weighted by Crippen LogP contribution is -2.37. The zero-order valence-corrected chi connectivity index (χ0v) is 17.3. The van der Waals surface area contributed by atoms with Gasteiger partial charge in [0.1, 0.15) is 0 Å². The van der Waals surface area contributed by atoms with Crippen molar-refractivity contribution in [1.29, 1.82) is 0 Å². The SMILES string of the molecule is c1ccc(C(CNCc2cnc(N3CCOCC3)nc2)N2CCCCCC2)cc1. The third kappa shape index (κ3) is 5.75. The van der Waals surface area contributed by atoms with Crippen molar-refractivity contribution in [2.24, 2.45) is 0 Å². The molecule has 1 unspecified atom stereocenters. The summed E-state index contributed by atoms with van der Waals surface area (Å²) >= 11 is 0. The predicted octanol–water partition coefficient (Wildman–Crippen LogP) is 3.02. The summed E-state index contributed by atoms with van der Waals surface area (Å²) in [5.74, 6) is 0.809. The standard InChI is InChI=1S/C23H33N5O/c1-2-7-11-27(10-6-1)22(21-8-4-3-5-9-21)19-24-16-20-17-25-23(26-18-20)28-12-14-29-15-13-28/h3-5,8-9,17-18,22,24H,1-2,6-7,10-16,19H2. The van der Waals surface area contributed by atoms with Crippen molar-refractivity contribution in [2.45, 2.75) is 38.3 Å². The first kappa shape index (κ1) is 20.3. The molecule has 4 rings (SSSR count). The van der Waals surface area contributed by atoms with Gasteiger partial charge in [-0.1, -0.05) is 43.2 Å². The number of aromatic nitrogens is 2. The van der Waals surface area contributed by atoms with E-state index in [0.717, 1.165) is 50.9 Å². The van der Waals surface area contributed by atoms with E-state index in [-0.39, 0.29) is 0 Å². The molecule has 1 atom stereocenters. The first-order valence-corrected chi connectivity index (χ1v) is 11.0. The first-order valence-electron chi connectivity index (χ1n) is 11.0. The lowest BCUT2D eigenvalue weighted by Gasteiger charge is -2.31. The summed E-state index contributed by atoms with van der Waals surface area (Å²) in [6.45, 7) is 7.36. The highest BCUT2D eigenvalue weighted by Crippen LogP contribution is 2.23. The van der Waals surface area contributed by atoms with Crippen LogP contribution in [-0.2, 0) is 11.3 Å². The van der Waals surface area contributed by atoms with Gasteiger partial charge in [-0.2, -0.15) is 0 Å². The molecule has 0 saturated carbocycles. The Labute approximate surface area is 174 Å². The minimum Gasteiger partial charge on any atom is -0.378 e. The third-order valence-corrected chi connectivity index (χ3v) is 5.92. The molecule has 6 heteroatoms. The van der Waals surface area contributed by atoms with Crippen LogP contribution in [0.5, 0.6) is 0 Å². The van der Waals surface area contributed by atoms with Gasteiger partial charge in [-0.05, 0) is 31.5 Å². The molecule has 2 saturated heterocycles. The molecule has 2 aliphatic rings. The van der Waals surface area contributed by atoms with E-state index in [0.29, 0.717) is 6.04 Å². The van der Waals surface area contributed by atoms with Crippen molar-refractivity contribution in [1.82, 2.24) is 20.2 Å². The third-order valence-electron chi connectivity index (χ3n) is 5.92. The van der Waals surface area contributed by atoms with Gasteiger partial charge in [0, 0.05) is 50.2 Å². The monoisotopic (exact) mass is 395 g/mol. The number of ether oxygens (including phenoxy) is 1. The predicted molar refractivity (Wildman–Crippen MR) is 116 cm³/mol. The van der Waals surface area contributed by atoms with Crippen LogP contribution in [0.1, 0.15) is 42.9 Å². The summed E-state index contributed by atoms with van der Waals surface area (Å²) in [7, 11) is 0. The topological polar surface area (TPSA) is 53.5 Å². The second kappa shape index (κ2) is 10.7. The first-order chi connectivity index (χ1) is 14.4. The molecule has 0 aliphatic carbocycles. The number of rotatable bonds is 7. The summed E-state index contributed by atoms with van der Waals surface area (Å²) in [6, 6.07) is 11.3. The van der Waals surface area contributed by atoms with Gasteiger partial charge in [-0.25, -0.2) is 9.97 Å². The molecule has 29 heavy (non-hydrogen) atoms. The van der Waals surface area contributed by atoms with Gasteiger partial charge in [0.2, 0.25) is 5.95 Å². The number of nitrogens with one attached hydrogen (secondary N) is 1. The Morgan fingerprint density at radius 1 is 0.897 bits per heavy atom. The van der Waals surface area contributed by atoms with Crippen molar-refractivity contribution < 1.29 is 4.74 Å². The van der Waals surface area contributed by atoms with Crippen molar-refractivity contribution in [3.63, 3.8) is 0 Å². The highest BCUT2D eigenvalue weighted by Gasteiger charge is 2.21. The van der Waals surface area contributed by atoms with Crippen LogP contribution in [0.2, 0.25) is 0 Å².